The number of benzene rings is 3. The molecule has 0 saturated carbocycles. The van der Waals surface area contributed by atoms with Crippen LogP contribution in [0.3, 0.4) is 0 Å². The largest absolute Gasteiger partial charge is 1.00 e. The van der Waals surface area contributed by atoms with E-state index >= 15 is 0 Å². The Morgan fingerprint density at radius 1 is 0.450 bits per heavy atom. The number of hydrogen-bond donors (Lipinski definition) is 0. The average Bonchev–Trinajstić information content (AvgIpc) is 2.51. The van der Waals surface area contributed by atoms with Crippen molar-refractivity contribution in [2.75, 3.05) is 0 Å². The first-order valence-corrected chi connectivity index (χ1v) is 7.74. The van der Waals surface area contributed by atoms with E-state index in [4.69, 9.17) is 0 Å². The van der Waals surface area contributed by atoms with Gasteiger partial charge < -0.3 is 1.43 Å². The molecule has 0 saturated heterocycles. The third-order valence-electron chi connectivity index (χ3n) is 3.04. The van der Waals surface area contributed by atoms with Crippen LogP contribution in [0.4, 0.5) is 0 Å². The minimum Gasteiger partial charge on any atom is -1.00 e. The van der Waals surface area contributed by atoms with Gasteiger partial charge in [-0.3, -0.25) is 0 Å². The quantitative estimate of drug-likeness (QED) is 0.510. The Kier molecular flexibility index (Phi) is 5.56. The van der Waals surface area contributed by atoms with Crippen LogP contribution in [-0.4, -0.2) is 0 Å². The second-order valence-corrected chi connectivity index (χ2v) is 6.56. The first-order valence-electron chi connectivity index (χ1n) is 6.40. The summed E-state index contributed by atoms with van der Waals surface area (Å²) in [6.07, 6.45) is 0. The van der Waals surface area contributed by atoms with E-state index in [1.54, 1.807) is 0 Å². The summed E-state index contributed by atoms with van der Waals surface area (Å²) in [5.74, 6) is 0. The van der Waals surface area contributed by atoms with Gasteiger partial charge in [-0.05, 0) is 23.8 Å². The van der Waals surface area contributed by atoms with Gasteiger partial charge in [0.05, 0.1) is 0 Å². The molecule has 2 heteroatoms. The van der Waals surface area contributed by atoms with Crippen LogP contribution in [0, 0.1) is 0 Å². The van der Waals surface area contributed by atoms with Gasteiger partial charge in [0.15, 0.2) is 0 Å². The minimum absolute atomic E-state index is 0. The molecule has 0 aliphatic carbocycles. The van der Waals surface area contributed by atoms with Crippen LogP contribution in [0.25, 0.3) is 0 Å². The van der Waals surface area contributed by atoms with Crippen molar-refractivity contribution in [3.05, 3.63) is 91.0 Å². The molecule has 3 aromatic rings. The Morgan fingerprint density at radius 2 is 0.700 bits per heavy atom. The van der Waals surface area contributed by atoms with Crippen molar-refractivity contribution in [3.63, 3.8) is 0 Å². The Labute approximate surface area is 133 Å². The first kappa shape index (κ1) is 15.0. The summed E-state index contributed by atoms with van der Waals surface area (Å²) in [6.45, 7) is 0. The molecule has 1 radical (unpaired) electrons. The molecular formula is C18H16CuP-. The molecule has 0 aliphatic rings. The van der Waals surface area contributed by atoms with Crippen molar-refractivity contribution < 1.29 is 18.5 Å². The number of rotatable bonds is 3. The van der Waals surface area contributed by atoms with E-state index in [9.17, 15) is 0 Å². The van der Waals surface area contributed by atoms with Crippen molar-refractivity contribution in [1.29, 1.82) is 0 Å². The van der Waals surface area contributed by atoms with Gasteiger partial charge in [0.2, 0.25) is 0 Å². The van der Waals surface area contributed by atoms with Gasteiger partial charge in [-0.2, -0.15) is 0 Å². The Hall–Kier alpha value is -1.39. The molecule has 0 heterocycles. The van der Waals surface area contributed by atoms with E-state index in [2.05, 4.69) is 91.0 Å². The third kappa shape index (κ3) is 3.38. The predicted molar refractivity (Wildman–Crippen MR) is 86.3 cm³/mol. The smallest absolute Gasteiger partial charge is 0 e. The van der Waals surface area contributed by atoms with Crippen molar-refractivity contribution in [1.82, 2.24) is 0 Å². The van der Waals surface area contributed by atoms with Gasteiger partial charge >= 0.3 is 0 Å². The van der Waals surface area contributed by atoms with E-state index in [1.165, 1.54) is 15.9 Å². The molecule has 0 nitrogen and oxygen atoms in total. The zero-order chi connectivity index (χ0) is 12.9. The number of hydrogen-bond acceptors (Lipinski definition) is 0. The molecule has 0 aromatic heterocycles. The van der Waals surface area contributed by atoms with Gasteiger partial charge in [-0.15, -0.1) is 0 Å². The van der Waals surface area contributed by atoms with Gasteiger partial charge in [0.25, 0.3) is 0 Å². The second kappa shape index (κ2) is 7.41. The fourth-order valence-electron chi connectivity index (χ4n) is 2.18. The van der Waals surface area contributed by atoms with Crippen LogP contribution >= 0.6 is 7.92 Å². The standard InChI is InChI=1S/C18H15P.Cu.H/c1-4-10-16(11-5-1)19(17-12-6-2-7-13-17)18-14-8-3-9-15-18;;/h1-15H;;/q;;-1. The van der Waals surface area contributed by atoms with Crippen molar-refractivity contribution >= 4 is 23.8 Å². The van der Waals surface area contributed by atoms with E-state index in [-0.39, 0.29) is 18.5 Å². The van der Waals surface area contributed by atoms with E-state index in [0.29, 0.717) is 0 Å². The zero-order valence-corrected chi connectivity index (χ0v) is 12.7. The van der Waals surface area contributed by atoms with Gasteiger partial charge in [-0.25, -0.2) is 0 Å². The van der Waals surface area contributed by atoms with Crippen molar-refractivity contribution in [2.45, 2.75) is 0 Å². The normalized spacial score (nSPS) is 10.1. The molecule has 0 atom stereocenters. The fraction of sp³-hybridized carbons (Fsp3) is 0. The molecule has 0 amide bonds. The van der Waals surface area contributed by atoms with Gasteiger partial charge in [-0.1, -0.05) is 91.0 Å². The molecule has 105 valence electrons. The maximum Gasteiger partial charge on any atom is 0 e. The molecule has 0 N–H and O–H groups in total. The predicted octanol–water partition coefficient (Wildman–Crippen LogP) is 3.55. The molecule has 3 rings (SSSR count). The van der Waals surface area contributed by atoms with Crippen LogP contribution in [-0.2, 0) is 17.1 Å². The SMILES string of the molecule is [Cu].[H-].c1ccc(P(c2ccccc2)c2ccccc2)cc1. The second-order valence-electron chi connectivity index (χ2n) is 4.34. The topological polar surface area (TPSA) is 0 Å². The van der Waals surface area contributed by atoms with Gasteiger partial charge in [0.1, 0.15) is 0 Å². The van der Waals surface area contributed by atoms with Crippen molar-refractivity contribution in [3.8, 4) is 0 Å². The molecular weight excluding hydrogens is 311 g/mol. The summed E-state index contributed by atoms with van der Waals surface area (Å²) in [6, 6.07) is 32.3. The average molecular weight is 327 g/mol. The summed E-state index contributed by atoms with van der Waals surface area (Å²) in [5.41, 5.74) is 0. The Balaban J connectivity index is 0.00000110. The molecule has 0 fully saturated rings. The molecule has 20 heavy (non-hydrogen) atoms. The van der Waals surface area contributed by atoms with Crippen molar-refractivity contribution in [2.24, 2.45) is 0 Å². The van der Waals surface area contributed by atoms with E-state index in [1.807, 2.05) is 0 Å². The van der Waals surface area contributed by atoms with Crippen LogP contribution in [0.1, 0.15) is 1.43 Å². The van der Waals surface area contributed by atoms with Crippen LogP contribution < -0.4 is 15.9 Å². The Morgan fingerprint density at radius 3 is 0.950 bits per heavy atom. The van der Waals surface area contributed by atoms with Crippen LogP contribution in [0.2, 0.25) is 0 Å². The van der Waals surface area contributed by atoms with Crippen LogP contribution in [0.5, 0.6) is 0 Å². The molecule has 0 bridgehead atoms. The van der Waals surface area contributed by atoms with Gasteiger partial charge in [0, 0.05) is 17.1 Å². The summed E-state index contributed by atoms with van der Waals surface area (Å²) in [5, 5.41) is 4.19. The molecule has 0 aliphatic heterocycles. The zero-order valence-electron chi connectivity index (χ0n) is 11.9. The maximum atomic E-state index is 2.23. The van der Waals surface area contributed by atoms with E-state index in [0.717, 1.165) is 0 Å². The monoisotopic (exact) mass is 326 g/mol. The molecule has 3 aromatic carbocycles. The summed E-state index contributed by atoms with van der Waals surface area (Å²) in [7, 11) is -0.446. The fourth-order valence-corrected chi connectivity index (χ4v) is 4.48. The third-order valence-corrected chi connectivity index (χ3v) is 5.49. The molecule has 0 unspecified atom stereocenters. The molecule has 0 spiro atoms. The Bertz CT molecular complexity index is 535. The first-order chi connectivity index (χ1) is 9.45. The summed E-state index contributed by atoms with van der Waals surface area (Å²) >= 11 is 0. The minimum atomic E-state index is -0.446. The maximum absolute atomic E-state index is 2.23. The summed E-state index contributed by atoms with van der Waals surface area (Å²) < 4.78 is 0. The summed E-state index contributed by atoms with van der Waals surface area (Å²) in [4.78, 5) is 0. The van der Waals surface area contributed by atoms with E-state index < -0.39 is 7.92 Å². The van der Waals surface area contributed by atoms with Crippen LogP contribution in [0.15, 0.2) is 91.0 Å².